The van der Waals surface area contributed by atoms with Crippen LogP contribution in [0.25, 0.3) is 32.9 Å². The first-order valence-corrected chi connectivity index (χ1v) is 15.6. The maximum Gasteiger partial charge on any atom is 0.488 e. The minimum absolute atomic E-state index is 0.226. The largest absolute Gasteiger partial charge is 0.497 e. The molecule has 0 saturated heterocycles. The van der Waals surface area contributed by atoms with Crippen LogP contribution in [0.2, 0.25) is 0 Å². The van der Waals surface area contributed by atoms with Crippen molar-refractivity contribution < 1.29 is 38.6 Å². The van der Waals surface area contributed by atoms with Crippen molar-refractivity contribution in [2.75, 3.05) is 28.4 Å². The van der Waals surface area contributed by atoms with Crippen LogP contribution in [-0.2, 0) is 31.9 Å². The number of hydrogen-bond acceptors (Lipinski definition) is 8. The first-order valence-electron chi connectivity index (χ1n) is 14.8. The monoisotopic (exact) mass is 714 g/mol. The van der Waals surface area contributed by atoms with Crippen LogP contribution in [-0.4, -0.2) is 67.5 Å². The third kappa shape index (κ3) is 9.51. The molecule has 6 rings (SSSR count). The maximum atomic E-state index is 11.5. The number of hydrogen-bond donors (Lipinski definition) is 4. The Hall–Kier alpha value is -5.04. The van der Waals surface area contributed by atoms with Gasteiger partial charge >= 0.3 is 19.1 Å². The molecule has 248 valence electrons. The van der Waals surface area contributed by atoms with E-state index in [2.05, 4.69) is 42.8 Å². The number of nitrogens with one attached hydrogen (secondary N) is 2. The number of rotatable bonds is 8. The van der Waals surface area contributed by atoms with Gasteiger partial charge in [-0.15, -0.1) is 0 Å². The molecule has 0 atom stereocenters. The molecule has 0 amide bonds. The second-order valence-electron chi connectivity index (χ2n) is 10.5. The summed E-state index contributed by atoms with van der Waals surface area (Å²) < 4.78 is 20.5. The molecule has 0 radical (unpaired) electrons. The van der Waals surface area contributed by atoms with E-state index in [9.17, 15) is 9.59 Å². The Morgan fingerprint density at radius 1 is 0.667 bits per heavy atom. The highest BCUT2D eigenvalue weighted by molar-refractivity contribution is 9.10. The Bertz CT molecular complexity index is 1990. The molecule has 2 heterocycles. The molecular formula is C36H36BBrN2O8. The number of aromatic amines is 2. The molecule has 10 nitrogen and oxygen atoms in total. The van der Waals surface area contributed by atoms with Crippen molar-refractivity contribution in [2.24, 2.45) is 0 Å². The van der Waals surface area contributed by atoms with Crippen molar-refractivity contribution in [2.45, 2.75) is 12.8 Å². The van der Waals surface area contributed by atoms with Gasteiger partial charge in [-0.1, -0.05) is 46.3 Å². The SMILES string of the molecule is COC(=O)Cc1c[nH]c2ccc(-c3cccc(OC)c3)cc12.COC(=O)Cc1c[nH]c2ccc(Br)cc12.COc1cccc(B(O)O)c1. The second-order valence-corrected chi connectivity index (χ2v) is 11.4. The number of aromatic nitrogens is 2. The van der Waals surface area contributed by atoms with Crippen LogP contribution in [0.1, 0.15) is 11.1 Å². The van der Waals surface area contributed by atoms with Gasteiger partial charge in [-0.25, -0.2) is 0 Å². The maximum absolute atomic E-state index is 11.5. The van der Waals surface area contributed by atoms with E-state index in [4.69, 9.17) is 24.3 Å². The quantitative estimate of drug-likeness (QED) is 0.118. The van der Waals surface area contributed by atoms with Crippen molar-refractivity contribution in [1.29, 1.82) is 0 Å². The topological polar surface area (TPSA) is 143 Å². The van der Waals surface area contributed by atoms with E-state index in [1.54, 1.807) is 31.4 Å². The van der Waals surface area contributed by atoms with E-state index in [1.165, 1.54) is 21.3 Å². The van der Waals surface area contributed by atoms with Gasteiger partial charge in [0.25, 0.3) is 0 Å². The Balaban J connectivity index is 0.000000174. The van der Waals surface area contributed by atoms with Gasteiger partial charge in [0.15, 0.2) is 0 Å². The molecule has 48 heavy (non-hydrogen) atoms. The lowest BCUT2D eigenvalue weighted by atomic mass is 9.80. The summed E-state index contributed by atoms with van der Waals surface area (Å²) in [6.07, 6.45) is 4.26. The average Bonchev–Trinajstić information content (AvgIpc) is 3.71. The molecule has 0 spiro atoms. The Labute approximate surface area is 286 Å². The third-order valence-corrected chi connectivity index (χ3v) is 7.91. The van der Waals surface area contributed by atoms with Crippen LogP contribution < -0.4 is 14.9 Å². The fraction of sp³-hybridized carbons (Fsp3) is 0.167. The van der Waals surface area contributed by atoms with Crippen molar-refractivity contribution >= 4 is 62.3 Å². The zero-order valence-corrected chi connectivity index (χ0v) is 28.5. The highest BCUT2D eigenvalue weighted by Gasteiger charge is 2.12. The minimum atomic E-state index is -1.43. The summed E-state index contributed by atoms with van der Waals surface area (Å²) in [5.74, 6) is 0.973. The first kappa shape index (κ1) is 35.8. The van der Waals surface area contributed by atoms with Crippen LogP contribution in [0, 0.1) is 0 Å². The number of benzene rings is 4. The lowest BCUT2D eigenvalue weighted by molar-refractivity contribution is -0.140. The summed E-state index contributed by atoms with van der Waals surface area (Å²) >= 11 is 3.40. The second kappa shape index (κ2) is 17.2. The number of esters is 2. The molecule has 0 unspecified atom stereocenters. The summed E-state index contributed by atoms with van der Waals surface area (Å²) in [6.45, 7) is 0. The number of halogens is 1. The fourth-order valence-corrected chi connectivity index (χ4v) is 5.22. The molecule has 2 aromatic heterocycles. The number of methoxy groups -OCH3 is 4. The molecule has 6 aromatic rings. The molecule has 0 aliphatic carbocycles. The molecular weight excluding hydrogens is 679 g/mol. The molecule has 4 aromatic carbocycles. The molecule has 0 fully saturated rings. The lowest BCUT2D eigenvalue weighted by Gasteiger charge is -2.06. The van der Waals surface area contributed by atoms with E-state index in [-0.39, 0.29) is 18.4 Å². The Kier molecular flexibility index (Phi) is 12.8. The summed E-state index contributed by atoms with van der Waals surface area (Å²) in [4.78, 5) is 29.0. The van der Waals surface area contributed by atoms with Crippen LogP contribution in [0.4, 0.5) is 0 Å². The highest BCUT2D eigenvalue weighted by Crippen LogP contribution is 2.29. The van der Waals surface area contributed by atoms with Gasteiger partial charge in [-0.05, 0) is 82.3 Å². The normalized spacial score (nSPS) is 10.3. The standard InChI is InChI=1S/C18H17NO3.C11H10BrNO2.C7H9BO3/c1-21-15-5-3-4-12(8-15)13-6-7-17-16(9-13)14(11-19-17)10-18(20)22-2;1-15-11(14)4-7-6-13-10-3-2-8(12)5-9(7)10;1-11-7-4-2-3-6(5-7)8(9)10/h3-9,11,19H,10H2,1-2H3;2-3,5-6,13H,4H2,1H3;2-5,9-10H,1H3. The number of H-pyrrole nitrogens is 2. The van der Waals surface area contributed by atoms with Crippen molar-refractivity contribution in [3.8, 4) is 22.6 Å². The minimum Gasteiger partial charge on any atom is -0.497 e. The molecule has 0 bridgehead atoms. The predicted molar refractivity (Wildman–Crippen MR) is 191 cm³/mol. The summed E-state index contributed by atoms with van der Waals surface area (Å²) in [6, 6.07) is 26.6. The Morgan fingerprint density at radius 3 is 1.75 bits per heavy atom. The fourth-order valence-electron chi connectivity index (χ4n) is 4.86. The van der Waals surface area contributed by atoms with Crippen molar-refractivity contribution in [3.05, 3.63) is 113 Å². The first-order chi connectivity index (χ1) is 23.1. The Morgan fingerprint density at radius 2 is 1.19 bits per heavy atom. The lowest BCUT2D eigenvalue weighted by Crippen LogP contribution is -2.29. The molecule has 12 heteroatoms. The number of ether oxygens (including phenoxy) is 4. The zero-order valence-electron chi connectivity index (χ0n) is 27.0. The van der Waals surface area contributed by atoms with Gasteiger partial charge in [0.05, 0.1) is 41.3 Å². The van der Waals surface area contributed by atoms with Gasteiger partial charge < -0.3 is 39.0 Å². The van der Waals surface area contributed by atoms with E-state index >= 15 is 0 Å². The van der Waals surface area contributed by atoms with E-state index in [0.29, 0.717) is 17.6 Å². The van der Waals surface area contributed by atoms with Gasteiger partial charge in [0, 0.05) is 38.7 Å². The smallest absolute Gasteiger partial charge is 0.488 e. The van der Waals surface area contributed by atoms with Crippen molar-refractivity contribution in [1.82, 2.24) is 9.97 Å². The average molecular weight is 715 g/mol. The van der Waals surface area contributed by atoms with E-state index in [1.807, 2.05) is 60.9 Å². The van der Waals surface area contributed by atoms with Crippen LogP contribution in [0.3, 0.4) is 0 Å². The summed E-state index contributed by atoms with van der Waals surface area (Å²) in [7, 11) is 4.56. The van der Waals surface area contributed by atoms with Gasteiger partial charge in [-0.3, -0.25) is 9.59 Å². The highest BCUT2D eigenvalue weighted by atomic mass is 79.9. The zero-order chi connectivity index (χ0) is 34.6. The van der Waals surface area contributed by atoms with Gasteiger partial charge in [-0.2, -0.15) is 0 Å². The summed E-state index contributed by atoms with van der Waals surface area (Å²) in [5, 5.41) is 19.6. The molecule has 0 saturated carbocycles. The number of fused-ring (bicyclic) bond motifs is 2. The molecule has 4 N–H and O–H groups in total. The van der Waals surface area contributed by atoms with Crippen LogP contribution in [0.5, 0.6) is 11.5 Å². The van der Waals surface area contributed by atoms with Gasteiger partial charge in [0.1, 0.15) is 11.5 Å². The van der Waals surface area contributed by atoms with Crippen molar-refractivity contribution in [3.63, 3.8) is 0 Å². The van der Waals surface area contributed by atoms with Gasteiger partial charge in [0.2, 0.25) is 0 Å². The number of carbonyl (C=O) groups is 2. The van der Waals surface area contributed by atoms with E-state index in [0.717, 1.165) is 54.3 Å². The number of carbonyl (C=O) groups excluding carboxylic acids is 2. The molecule has 0 aliphatic rings. The van der Waals surface area contributed by atoms with Crippen LogP contribution in [0.15, 0.2) is 102 Å². The van der Waals surface area contributed by atoms with Crippen LogP contribution >= 0.6 is 15.9 Å². The summed E-state index contributed by atoms with van der Waals surface area (Å²) in [5.41, 5.74) is 6.51. The molecule has 0 aliphatic heterocycles. The third-order valence-electron chi connectivity index (χ3n) is 7.42. The van der Waals surface area contributed by atoms with E-state index < -0.39 is 7.12 Å². The predicted octanol–water partition coefficient (Wildman–Crippen LogP) is 5.58.